The third kappa shape index (κ3) is 5.51. The number of hydrogen-bond acceptors (Lipinski definition) is 5. The molecule has 1 unspecified atom stereocenters. The molecular formula is C24H30N4OS. The summed E-state index contributed by atoms with van der Waals surface area (Å²) in [6.07, 6.45) is 4.73. The summed E-state index contributed by atoms with van der Waals surface area (Å²) in [7, 11) is 4.03. The van der Waals surface area contributed by atoms with Gasteiger partial charge in [0.05, 0.1) is 18.0 Å². The average molecular weight is 423 g/mol. The van der Waals surface area contributed by atoms with E-state index in [4.69, 9.17) is 0 Å². The van der Waals surface area contributed by atoms with Crippen LogP contribution in [0.15, 0.2) is 58.7 Å². The van der Waals surface area contributed by atoms with Crippen LogP contribution in [0.3, 0.4) is 0 Å². The Bertz CT molecular complexity index is 921. The maximum Gasteiger partial charge on any atom is 0.242 e. The van der Waals surface area contributed by atoms with E-state index in [1.165, 1.54) is 17.3 Å². The van der Waals surface area contributed by atoms with Crippen molar-refractivity contribution in [1.82, 2.24) is 4.90 Å². The summed E-state index contributed by atoms with van der Waals surface area (Å²) < 4.78 is 0. The Balaban J connectivity index is 1.79. The second-order valence-electron chi connectivity index (χ2n) is 7.71. The van der Waals surface area contributed by atoms with Crippen LogP contribution in [0.1, 0.15) is 42.9 Å². The van der Waals surface area contributed by atoms with E-state index >= 15 is 0 Å². The first kappa shape index (κ1) is 22.1. The lowest BCUT2D eigenvalue weighted by atomic mass is 10.1. The number of carbonyl (C=O) groups excluding carboxylic acids is 1. The molecule has 6 heteroatoms. The van der Waals surface area contributed by atoms with Crippen molar-refractivity contribution >= 4 is 34.7 Å². The predicted molar refractivity (Wildman–Crippen MR) is 128 cm³/mol. The van der Waals surface area contributed by atoms with Gasteiger partial charge in [0.1, 0.15) is 0 Å². The molecule has 1 fully saturated rings. The van der Waals surface area contributed by atoms with Crippen LogP contribution in [0.25, 0.3) is 0 Å². The largest absolute Gasteiger partial charge is 0.378 e. The Hall–Kier alpha value is -2.60. The smallest absolute Gasteiger partial charge is 0.242 e. The van der Waals surface area contributed by atoms with Gasteiger partial charge in [-0.25, -0.2) is 0 Å². The Morgan fingerprint density at radius 1 is 1.13 bits per heavy atom. The first-order valence-electron chi connectivity index (χ1n) is 10.4. The van der Waals surface area contributed by atoms with Crippen molar-refractivity contribution in [3.63, 3.8) is 0 Å². The number of nitrogens with zero attached hydrogens (tertiary/aromatic N) is 4. The van der Waals surface area contributed by atoms with E-state index < -0.39 is 0 Å². The minimum Gasteiger partial charge on any atom is -0.378 e. The fraction of sp³-hybridized carbons (Fsp3) is 0.375. The summed E-state index contributed by atoms with van der Waals surface area (Å²) in [5, 5.41) is 9.35. The Labute approximate surface area is 183 Å². The Morgan fingerprint density at radius 2 is 1.87 bits per heavy atom. The molecule has 0 saturated carbocycles. The summed E-state index contributed by atoms with van der Waals surface area (Å²) in [5.41, 5.74) is 4.43. The second-order valence-corrected chi connectivity index (χ2v) is 8.88. The normalized spacial score (nSPS) is 18.0. The van der Waals surface area contributed by atoms with Gasteiger partial charge >= 0.3 is 0 Å². The number of carbonyl (C=O) groups is 1. The molecule has 0 aliphatic carbocycles. The molecule has 30 heavy (non-hydrogen) atoms. The quantitative estimate of drug-likeness (QED) is 0.440. The zero-order chi connectivity index (χ0) is 21.5. The molecular weight excluding hydrogens is 392 g/mol. The highest BCUT2D eigenvalue weighted by Gasteiger charge is 2.37. The van der Waals surface area contributed by atoms with Crippen molar-refractivity contribution in [2.45, 2.75) is 44.9 Å². The Kier molecular flexibility index (Phi) is 7.69. The number of amidine groups is 1. The highest BCUT2D eigenvalue weighted by atomic mass is 32.2. The molecule has 1 heterocycles. The number of thioether (sulfide) groups is 1. The van der Waals surface area contributed by atoms with Gasteiger partial charge in [0, 0.05) is 19.8 Å². The van der Waals surface area contributed by atoms with Gasteiger partial charge in [0.2, 0.25) is 5.91 Å². The van der Waals surface area contributed by atoms with Crippen molar-refractivity contribution < 1.29 is 4.79 Å². The molecule has 5 nitrogen and oxygen atoms in total. The first-order valence-corrected chi connectivity index (χ1v) is 11.3. The maximum atomic E-state index is 13.0. The predicted octanol–water partition coefficient (Wildman–Crippen LogP) is 5.09. The van der Waals surface area contributed by atoms with Gasteiger partial charge < -0.3 is 4.90 Å². The monoisotopic (exact) mass is 422 g/mol. The number of benzene rings is 2. The fourth-order valence-corrected chi connectivity index (χ4v) is 4.41. The lowest BCUT2D eigenvalue weighted by molar-refractivity contribution is -0.126. The van der Waals surface area contributed by atoms with Gasteiger partial charge in [-0.3, -0.25) is 9.69 Å². The van der Waals surface area contributed by atoms with Crippen LogP contribution in [0.2, 0.25) is 0 Å². The molecule has 0 radical (unpaired) electrons. The average Bonchev–Trinajstić information content (AvgIpc) is 3.03. The maximum absolute atomic E-state index is 13.0. The molecule has 0 bridgehead atoms. The van der Waals surface area contributed by atoms with Crippen LogP contribution >= 0.6 is 11.8 Å². The third-order valence-electron chi connectivity index (χ3n) is 5.19. The highest BCUT2D eigenvalue weighted by molar-refractivity contribution is 8.15. The molecule has 0 spiro atoms. The molecule has 2 aromatic carbocycles. The fourth-order valence-electron chi connectivity index (χ4n) is 3.27. The minimum absolute atomic E-state index is 0.0673. The first-order chi connectivity index (χ1) is 14.5. The molecule has 1 atom stereocenters. The summed E-state index contributed by atoms with van der Waals surface area (Å²) >= 11 is 1.54. The number of anilines is 1. The van der Waals surface area contributed by atoms with Crippen LogP contribution < -0.4 is 4.90 Å². The SMILES string of the molecule is CCCCC1S/C(=N\N=C\c2ccc(N(C)C)cc2)N(Cc2ccccc2C)C1=O. The number of unbranched alkanes of at least 4 members (excludes halogenated alkanes) is 1. The van der Waals surface area contributed by atoms with Gasteiger partial charge in [-0.05, 0) is 42.2 Å². The van der Waals surface area contributed by atoms with Crippen molar-refractivity contribution in [3.8, 4) is 0 Å². The van der Waals surface area contributed by atoms with E-state index in [1.54, 1.807) is 11.1 Å². The number of hydrogen-bond donors (Lipinski definition) is 0. The van der Waals surface area contributed by atoms with Crippen LogP contribution in [-0.2, 0) is 11.3 Å². The zero-order valence-corrected chi connectivity index (χ0v) is 19.0. The standard InChI is InChI=1S/C24H30N4OS/c1-5-6-11-22-23(29)28(17-20-10-8-7-9-18(20)2)24(30-22)26-25-16-19-12-14-21(15-13-19)27(3)4/h7-10,12-16,22H,5-6,11,17H2,1-4H3/b25-16+,26-24-. The van der Waals surface area contributed by atoms with Gasteiger partial charge in [-0.2, -0.15) is 5.10 Å². The molecule has 2 aromatic rings. The number of aryl methyl sites for hydroxylation is 1. The van der Waals surface area contributed by atoms with Crippen molar-refractivity contribution in [3.05, 3.63) is 65.2 Å². The van der Waals surface area contributed by atoms with E-state index in [1.807, 2.05) is 50.5 Å². The van der Waals surface area contributed by atoms with Crippen LogP contribution in [0.4, 0.5) is 5.69 Å². The van der Waals surface area contributed by atoms with Crippen molar-refractivity contribution in [1.29, 1.82) is 0 Å². The summed E-state index contributed by atoms with van der Waals surface area (Å²) in [4.78, 5) is 16.9. The van der Waals surface area contributed by atoms with Gasteiger partial charge in [-0.1, -0.05) is 67.9 Å². The van der Waals surface area contributed by atoms with E-state index in [0.29, 0.717) is 11.7 Å². The van der Waals surface area contributed by atoms with E-state index in [0.717, 1.165) is 36.1 Å². The molecule has 1 saturated heterocycles. The topological polar surface area (TPSA) is 48.3 Å². The zero-order valence-electron chi connectivity index (χ0n) is 18.2. The van der Waals surface area contributed by atoms with E-state index in [-0.39, 0.29) is 11.2 Å². The molecule has 1 aliphatic heterocycles. The third-order valence-corrected chi connectivity index (χ3v) is 6.42. The molecule has 0 N–H and O–H groups in total. The van der Waals surface area contributed by atoms with Crippen LogP contribution in [0.5, 0.6) is 0 Å². The molecule has 0 aromatic heterocycles. The van der Waals surface area contributed by atoms with Crippen molar-refractivity contribution in [2.75, 3.05) is 19.0 Å². The lowest BCUT2D eigenvalue weighted by Gasteiger charge is -2.17. The summed E-state index contributed by atoms with van der Waals surface area (Å²) in [6, 6.07) is 16.3. The van der Waals surface area contributed by atoms with E-state index in [2.05, 4.69) is 41.1 Å². The molecule has 158 valence electrons. The summed E-state index contributed by atoms with van der Waals surface area (Å²) in [5.74, 6) is 0.140. The van der Waals surface area contributed by atoms with Gasteiger partial charge in [0.25, 0.3) is 0 Å². The highest BCUT2D eigenvalue weighted by Crippen LogP contribution is 2.32. The van der Waals surface area contributed by atoms with Gasteiger partial charge in [-0.15, -0.1) is 5.10 Å². The summed E-state index contributed by atoms with van der Waals surface area (Å²) in [6.45, 7) is 4.76. The molecule has 1 aliphatic rings. The lowest BCUT2D eigenvalue weighted by Crippen LogP contribution is -2.31. The number of rotatable bonds is 8. The van der Waals surface area contributed by atoms with E-state index in [9.17, 15) is 4.79 Å². The molecule has 1 amide bonds. The van der Waals surface area contributed by atoms with Gasteiger partial charge in [0.15, 0.2) is 5.17 Å². The van der Waals surface area contributed by atoms with Crippen molar-refractivity contribution in [2.24, 2.45) is 10.2 Å². The number of amides is 1. The van der Waals surface area contributed by atoms with Crippen LogP contribution in [0, 0.1) is 6.92 Å². The van der Waals surface area contributed by atoms with Crippen LogP contribution in [-0.4, -0.2) is 41.5 Å². The second kappa shape index (κ2) is 10.4. The minimum atomic E-state index is -0.0673. The molecule has 3 rings (SSSR count). The Morgan fingerprint density at radius 3 is 2.53 bits per heavy atom.